The fraction of sp³-hybridized carbons (Fsp3) is 0.385. The van der Waals surface area contributed by atoms with Crippen LogP contribution in [0.2, 0.25) is 5.02 Å². The maximum Gasteiger partial charge on any atom is 0.471 e. The predicted molar refractivity (Wildman–Crippen MR) is 70.1 cm³/mol. The number of carboxylic acids is 1. The largest absolute Gasteiger partial charge is 0.481 e. The van der Waals surface area contributed by atoms with Gasteiger partial charge < -0.3 is 10.4 Å². The maximum atomic E-state index is 12.2. The van der Waals surface area contributed by atoms with Crippen LogP contribution in [0.5, 0.6) is 0 Å². The third-order valence-electron chi connectivity index (χ3n) is 2.98. The van der Waals surface area contributed by atoms with E-state index in [1.165, 1.54) is 31.2 Å². The molecule has 0 aliphatic rings. The number of carbonyl (C=O) groups excluding carboxylic acids is 1. The highest BCUT2D eigenvalue weighted by atomic mass is 35.5. The van der Waals surface area contributed by atoms with Crippen molar-refractivity contribution >= 4 is 23.5 Å². The van der Waals surface area contributed by atoms with Crippen molar-refractivity contribution in [1.82, 2.24) is 5.32 Å². The molecule has 0 saturated heterocycles. The number of amides is 1. The van der Waals surface area contributed by atoms with Gasteiger partial charge in [-0.3, -0.25) is 9.59 Å². The minimum atomic E-state index is -5.01. The lowest BCUT2D eigenvalue weighted by molar-refractivity contribution is -0.173. The van der Waals surface area contributed by atoms with Crippen molar-refractivity contribution in [2.75, 3.05) is 6.54 Å². The van der Waals surface area contributed by atoms with Gasteiger partial charge in [0.25, 0.3) is 0 Å². The van der Waals surface area contributed by atoms with Gasteiger partial charge in [0.1, 0.15) is 0 Å². The first-order valence-corrected chi connectivity index (χ1v) is 6.25. The van der Waals surface area contributed by atoms with Gasteiger partial charge in [-0.15, -0.1) is 0 Å². The molecule has 0 aliphatic heterocycles. The molecule has 116 valence electrons. The zero-order chi connectivity index (χ0) is 16.3. The molecule has 4 nitrogen and oxygen atoms in total. The molecule has 0 spiro atoms. The van der Waals surface area contributed by atoms with E-state index in [4.69, 9.17) is 16.7 Å². The first-order chi connectivity index (χ1) is 9.54. The molecule has 0 bridgehead atoms. The first kappa shape index (κ1) is 17.3. The Morgan fingerprint density at radius 2 is 1.76 bits per heavy atom. The standard InChI is InChI=1S/C13H13ClF3NO3/c1-12(6-10(19)20,7-18-11(21)13(15,16)17)8-2-4-9(14)5-3-8/h2-5H,6-7H2,1H3,(H,18,21)(H,19,20). The molecule has 1 amide bonds. The molecule has 0 heterocycles. The maximum absolute atomic E-state index is 12.2. The summed E-state index contributed by atoms with van der Waals surface area (Å²) < 4.78 is 36.6. The van der Waals surface area contributed by atoms with Gasteiger partial charge in [-0.1, -0.05) is 30.7 Å². The van der Waals surface area contributed by atoms with Crippen LogP contribution in [0.3, 0.4) is 0 Å². The smallest absolute Gasteiger partial charge is 0.471 e. The van der Waals surface area contributed by atoms with E-state index in [1.807, 2.05) is 0 Å². The number of halogens is 4. The van der Waals surface area contributed by atoms with Crippen LogP contribution in [-0.2, 0) is 15.0 Å². The highest BCUT2D eigenvalue weighted by Gasteiger charge is 2.40. The average molecular weight is 324 g/mol. The van der Waals surface area contributed by atoms with Crippen molar-refractivity contribution in [3.63, 3.8) is 0 Å². The van der Waals surface area contributed by atoms with Crippen LogP contribution in [0.25, 0.3) is 0 Å². The molecule has 21 heavy (non-hydrogen) atoms. The van der Waals surface area contributed by atoms with Gasteiger partial charge >= 0.3 is 18.1 Å². The zero-order valence-corrected chi connectivity index (χ0v) is 11.8. The van der Waals surface area contributed by atoms with Crippen LogP contribution in [0, 0.1) is 0 Å². The highest BCUT2D eigenvalue weighted by molar-refractivity contribution is 6.30. The van der Waals surface area contributed by atoms with Crippen LogP contribution in [0.4, 0.5) is 13.2 Å². The molecule has 8 heteroatoms. The van der Waals surface area contributed by atoms with Crippen LogP contribution in [0.1, 0.15) is 18.9 Å². The highest BCUT2D eigenvalue weighted by Crippen LogP contribution is 2.28. The fourth-order valence-corrected chi connectivity index (χ4v) is 1.95. The Bertz CT molecular complexity index is 530. The summed E-state index contributed by atoms with van der Waals surface area (Å²) in [6.07, 6.45) is -5.45. The van der Waals surface area contributed by atoms with Gasteiger partial charge in [0.15, 0.2) is 0 Å². The Hall–Kier alpha value is -1.76. The number of alkyl halides is 3. The van der Waals surface area contributed by atoms with Crippen molar-refractivity contribution < 1.29 is 27.9 Å². The molecule has 1 rings (SSSR count). The molecular formula is C13H13ClF3NO3. The Kier molecular flexibility index (Phi) is 5.22. The van der Waals surface area contributed by atoms with Crippen LogP contribution < -0.4 is 5.32 Å². The summed E-state index contributed by atoms with van der Waals surface area (Å²) in [5, 5.41) is 11.1. The topological polar surface area (TPSA) is 66.4 Å². The van der Waals surface area contributed by atoms with E-state index in [0.717, 1.165) is 0 Å². The van der Waals surface area contributed by atoms with E-state index in [2.05, 4.69) is 0 Å². The Balaban J connectivity index is 2.96. The Morgan fingerprint density at radius 3 is 2.19 bits per heavy atom. The number of carbonyl (C=O) groups is 2. The van der Waals surface area contributed by atoms with Gasteiger partial charge in [0.2, 0.25) is 0 Å². The summed E-state index contributed by atoms with van der Waals surface area (Å²) in [6.45, 7) is 1.00. The van der Waals surface area contributed by atoms with Crippen molar-refractivity contribution in [3.8, 4) is 0 Å². The molecule has 1 unspecified atom stereocenters. The zero-order valence-electron chi connectivity index (χ0n) is 11.0. The number of aliphatic carboxylic acids is 1. The van der Waals surface area contributed by atoms with Crippen LogP contribution >= 0.6 is 11.6 Å². The van der Waals surface area contributed by atoms with Gasteiger partial charge in [-0.25, -0.2) is 0 Å². The average Bonchev–Trinajstić information content (AvgIpc) is 2.34. The molecular weight excluding hydrogens is 311 g/mol. The van der Waals surface area contributed by atoms with E-state index in [1.54, 1.807) is 5.32 Å². The summed E-state index contributed by atoms with van der Waals surface area (Å²) in [7, 11) is 0. The normalized spacial score (nSPS) is 14.3. The molecule has 0 radical (unpaired) electrons. The van der Waals surface area contributed by atoms with Crippen molar-refractivity contribution in [2.45, 2.75) is 24.9 Å². The lowest BCUT2D eigenvalue weighted by atomic mass is 9.79. The fourth-order valence-electron chi connectivity index (χ4n) is 1.83. The number of rotatable bonds is 5. The number of hydrogen-bond donors (Lipinski definition) is 2. The quantitative estimate of drug-likeness (QED) is 0.875. The summed E-state index contributed by atoms with van der Waals surface area (Å²) in [4.78, 5) is 21.8. The molecule has 1 atom stereocenters. The van der Waals surface area contributed by atoms with Gasteiger partial charge in [0, 0.05) is 17.0 Å². The second-order valence-corrected chi connectivity index (χ2v) is 5.25. The molecule has 0 fully saturated rings. The molecule has 2 N–H and O–H groups in total. The molecule has 0 aromatic heterocycles. The summed E-state index contributed by atoms with van der Waals surface area (Å²) in [5.41, 5.74) is -0.714. The number of carboxylic acid groups (broad SMARTS) is 1. The lowest BCUT2D eigenvalue weighted by Crippen LogP contribution is -2.45. The lowest BCUT2D eigenvalue weighted by Gasteiger charge is -2.29. The minimum Gasteiger partial charge on any atom is -0.481 e. The summed E-state index contributed by atoms with van der Waals surface area (Å²) in [6, 6.07) is 6.04. The Morgan fingerprint density at radius 1 is 1.24 bits per heavy atom. The molecule has 0 saturated carbocycles. The van der Waals surface area contributed by atoms with E-state index in [0.29, 0.717) is 10.6 Å². The van der Waals surface area contributed by atoms with Gasteiger partial charge in [-0.2, -0.15) is 13.2 Å². The first-order valence-electron chi connectivity index (χ1n) is 5.87. The van der Waals surface area contributed by atoms with Gasteiger partial charge in [0.05, 0.1) is 6.42 Å². The predicted octanol–water partition coefficient (Wildman–Crippen LogP) is 2.75. The number of hydrogen-bond acceptors (Lipinski definition) is 2. The number of nitrogens with one attached hydrogen (secondary N) is 1. The van der Waals surface area contributed by atoms with Crippen molar-refractivity contribution in [2.24, 2.45) is 0 Å². The summed E-state index contributed by atoms with van der Waals surface area (Å²) in [5.74, 6) is -3.29. The van der Waals surface area contributed by atoms with Crippen molar-refractivity contribution in [1.29, 1.82) is 0 Å². The Labute approximate surface area is 123 Å². The monoisotopic (exact) mass is 323 g/mol. The third-order valence-corrected chi connectivity index (χ3v) is 3.23. The molecule has 1 aromatic rings. The SMILES string of the molecule is CC(CNC(=O)C(F)(F)F)(CC(=O)O)c1ccc(Cl)cc1. The second-order valence-electron chi connectivity index (χ2n) is 4.82. The van der Waals surface area contributed by atoms with Crippen LogP contribution in [-0.4, -0.2) is 29.7 Å². The molecule has 0 aliphatic carbocycles. The van der Waals surface area contributed by atoms with E-state index < -0.39 is 36.4 Å². The van der Waals surface area contributed by atoms with E-state index in [-0.39, 0.29) is 0 Å². The van der Waals surface area contributed by atoms with E-state index >= 15 is 0 Å². The van der Waals surface area contributed by atoms with Gasteiger partial charge in [-0.05, 0) is 17.7 Å². The third kappa shape index (κ3) is 4.93. The summed E-state index contributed by atoms with van der Waals surface area (Å²) >= 11 is 5.72. The van der Waals surface area contributed by atoms with Crippen molar-refractivity contribution in [3.05, 3.63) is 34.9 Å². The van der Waals surface area contributed by atoms with E-state index in [9.17, 15) is 22.8 Å². The minimum absolute atomic E-state index is 0.413. The number of benzene rings is 1. The molecule has 1 aromatic carbocycles. The second kappa shape index (κ2) is 6.34. The van der Waals surface area contributed by atoms with Crippen LogP contribution in [0.15, 0.2) is 24.3 Å².